The highest BCUT2D eigenvalue weighted by Gasteiger charge is 2.14. The normalized spacial score (nSPS) is 11.6. The van der Waals surface area contributed by atoms with Gasteiger partial charge in [0.15, 0.2) is 5.82 Å². The molecule has 0 spiro atoms. The Balaban J connectivity index is 2.05. The quantitative estimate of drug-likeness (QED) is 0.717. The number of carboxylic acids is 1. The van der Waals surface area contributed by atoms with Gasteiger partial charge in [0, 0.05) is 6.20 Å². The molecule has 0 aliphatic heterocycles. The summed E-state index contributed by atoms with van der Waals surface area (Å²) in [7, 11) is 0. The number of hydrogen-bond donors (Lipinski definition) is 1. The Labute approximate surface area is 133 Å². The fraction of sp³-hybridized carbons (Fsp3) is 0.176. The molecule has 0 radical (unpaired) electrons. The molecular weight excluding hydrogens is 292 g/mol. The van der Waals surface area contributed by atoms with E-state index in [0.717, 1.165) is 11.3 Å². The summed E-state index contributed by atoms with van der Waals surface area (Å²) in [5.41, 5.74) is 2.34. The van der Waals surface area contributed by atoms with Crippen molar-refractivity contribution < 1.29 is 9.90 Å². The number of pyridine rings is 1. The lowest BCUT2D eigenvalue weighted by Crippen LogP contribution is -1.94. The molecule has 0 bridgehead atoms. The van der Waals surface area contributed by atoms with Gasteiger partial charge >= 0.3 is 5.97 Å². The van der Waals surface area contributed by atoms with Crippen molar-refractivity contribution >= 4 is 23.1 Å². The fourth-order valence-corrected chi connectivity index (χ4v) is 2.29. The van der Waals surface area contributed by atoms with Crippen LogP contribution in [-0.4, -0.2) is 20.5 Å². The SMILES string of the molecule is CC(C)c1nc2ccccn2c1N=Nc1cccc(C(=O)O)c1. The molecule has 0 amide bonds. The number of azo groups is 1. The lowest BCUT2D eigenvalue weighted by molar-refractivity contribution is 0.0697. The fourth-order valence-electron chi connectivity index (χ4n) is 2.29. The Kier molecular flexibility index (Phi) is 3.89. The van der Waals surface area contributed by atoms with Gasteiger partial charge < -0.3 is 5.11 Å². The van der Waals surface area contributed by atoms with E-state index in [2.05, 4.69) is 15.2 Å². The molecule has 23 heavy (non-hydrogen) atoms. The maximum Gasteiger partial charge on any atom is 0.335 e. The zero-order valence-electron chi connectivity index (χ0n) is 12.8. The molecule has 0 saturated heterocycles. The van der Waals surface area contributed by atoms with E-state index in [-0.39, 0.29) is 11.5 Å². The first kappa shape index (κ1) is 14.9. The molecule has 0 atom stereocenters. The van der Waals surface area contributed by atoms with Gasteiger partial charge in [-0.15, -0.1) is 10.2 Å². The van der Waals surface area contributed by atoms with Crippen LogP contribution in [0.25, 0.3) is 5.65 Å². The molecule has 2 heterocycles. The Hall–Kier alpha value is -3.02. The second-order valence-electron chi connectivity index (χ2n) is 5.46. The summed E-state index contributed by atoms with van der Waals surface area (Å²) in [6.07, 6.45) is 1.89. The first-order chi connectivity index (χ1) is 11.1. The molecule has 6 nitrogen and oxygen atoms in total. The number of fused-ring (bicyclic) bond motifs is 1. The Bertz CT molecular complexity index is 896. The van der Waals surface area contributed by atoms with Crippen LogP contribution in [0.4, 0.5) is 11.5 Å². The van der Waals surface area contributed by atoms with Crippen LogP contribution in [0.1, 0.15) is 35.8 Å². The van der Waals surface area contributed by atoms with E-state index in [1.165, 1.54) is 12.1 Å². The Morgan fingerprint density at radius 1 is 1.17 bits per heavy atom. The highest BCUT2D eigenvalue weighted by molar-refractivity contribution is 5.88. The third-order valence-corrected chi connectivity index (χ3v) is 3.43. The molecule has 3 aromatic rings. The monoisotopic (exact) mass is 308 g/mol. The predicted molar refractivity (Wildman–Crippen MR) is 86.9 cm³/mol. The molecule has 2 aromatic heterocycles. The summed E-state index contributed by atoms with van der Waals surface area (Å²) in [6.45, 7) is 4.09. The van der Waals surface area contributed by atoms with E-state index in [1.54, 1.807) is 12.1 Å². The number of imidazole rings is 1. The maximum absolute atomic E-state index is 11.0. The molecule has 3 rings (SSSR count). The molecular formula is C17H16N4O2. The van der Waals surface area contributed by atoms with Crippen molar-refractivity contribution in [1.82, 2.24) is 9.38 Å². The minimum atomic E-state index is -0.986. The lowest BCUT2D eigenvalue weighted by Gasteiger charge is -2.01. The highest BCUT2D eigenvalue weighted by Crippen LogP contribution is 2.29. The molecule has 1 N–H and O–H groups in total. The summed E-state index contributed by atoms with van der Waals surface area (Å²) in [4.78, 5) is 15.6. The van der Waals surface area contributed by atoms with Crippen LogP contribution in [0.15, 0.2) is 58.9 Å². The summed E-state index contributed by atoms with van der Waals surface area (Å²) < 4.78 is 1.87. The van der Waals surface area contributed by atoms with E-state index in [0.29, 0.717) is 11.5 Å². The predicted octanol–water partition coefficient (Wildman–Crippen LogP) is 4.57. The van der Waals surface area contributed by atoms with E-state index < -0.39 is 5.97 Å². The molecule has 0 unspecified atom stereocenters. The Morgan fingerprint density at radius 3 is 2.74 bits per heavy atom. The van der Waals surface area contributed by atoms with Gasteiger partial charge in [0.1, 0.15) is 5.65 Å². The van der Waals surface area contributed by atoms with Gasteiger partial charge in [0.25, 0.3) is 0 Å². The number of hydrogen-bond acceptors (Lipinski definition) is 4. The first-order valence-corrected chi connectivity index (χ1v) is 7.28. The topological polar surface area (TPSA) is 79.3 Å². The summed E-state index contributed by atoms with van der Waals surface area (Å²) in [5, 5.41) is 17.5. The van der Waals surface area contributed by atoms with Gasteiger partial charge in [-0.05, 0) is 36.2 Å². The lowest BCUT2D eigenvalue weighted by atomic mass is 10.1. The second kappa shape index (κ2) is 6.00. The number of benzene rings is 1. The van der Waals surface area contributed by atoms with E-state index >= 15 is 0 Å². The average molecular weight is 308 g/mol. The summed E-state index contributed by atoms with van der Waals surface area (Å²) in [5.74, 6) is -0.120. The van der Waals surface area contributed by atoms with Crippen molar-refractivity contribution in [3.8, 4) is 0 Å². The number of rotatable bonds is 4. The smallest absolute Gasteiger partial charge is 0.335 e. The number of carboxylic acid groups (broad SMARTS) is 1. The second-order valence-corrected chi connectivity index (χ2v) is 5.46. The van der Waals surface area contributed by atoms with Crippen LogP contribution in [-0.2, 0) is 0 Å². The minimum Gasteiger partial charge on any atom is -0.478 e. The van der Waals surface area contributed by atoms with Crippen molar-refractivity contribution in [3.63, 3.8) is 0 Å². The first-order valence-electron chi connectivity index (χ1n) is 7.28. The van der Waals surface area contributed by atoms with Crippen molar-refractivity contribution in [3.05, 3.63) is 59.9 Å². The van der Waals surface area contributed by atoms with Crippen LogP contribution in [0, 0.1) is 0 Å². The van der Waals surface area contributed by atoms with Gasteiger partial charge in [-0.2, -0.15) is 0 Å². The van der Waals surface area contributed by atoms with Crippen LogP contribution < -0.4 is 0 Å². The molecule has 116 valence electrons. The van der Waals surface area contributed by atoms with Gasteiger partial charge in [-0.1, -0.05) is 26.0 Å². The summed E-state index contributed by atoms with van der Waals surface area (Å²) >= 11 is 0. The standard InChI is InChI=1S/C17H16N4O2/c1-11(2)15-16(21-9-4-3-8-14(21)18-15)20-19-13-7-5-6-12(10-13)17(22)23/h3-11H,1-2H3,(H,22,23). The van der Waals surface area contributed by atoms with E-state index in [9.17, 15) is 4.79 Å². The largest absolute Gasteiger partial charge is 0.478 e. The molecule has 1 aromatic carbocycles. The van der Waals surface area contributed by atoms with E-state index in [1.807, 2.05) is 42.6 Å². The number of nitrogens with zero attached hydrogens (tertiary/aromatic N) is 4. The van der Waals surface area contributed by atoms with Crippen LogP contribution in [0.2, 0.25) is 0 Å². The van der Waals surface area contributed by atoms with Crippen molar-refractivity contribution in [2.24, 2.45) is 10.2 Å². The molecule has 0 saturated carbocycles. The van der Waals surface area contributed by atoms with Crippen molar-refractivity contribution in [2.45, 2.75) is 19.8 Å². The van der Waals surface area contributed by atoms with Crippen LogP contribution >= 0.6 is 0 Å². The maximum atomic E-state index is 11.0. The minimum absolute atomic E-state index is 0.184. The van der Waals surface area contributed by atoms with E-state index in [4.69, 9.17) is 5.11 Å². The molecule has 0 aliphatic carbocycles. The average Bonchev–Trinajstić information content (AvgIpc) is 2.92. The summed E-state index contributed by atoms with van der Waals surface area (Å²) in [6, 6.07) is 12.1. The molecule has 0 fully saturated rings. The van der Waals surface area contributed by atoms with Crippen LogP contribution in [0.3, 0.4) is 0 Å². The third-order valence-electron chi connectivity index (χ3n) is 3.43. The number of aromatic carboxylic acids is 1. The third kappa shape index (κ3) is 2.96. The Morgan fingerprint density at radius 2 is 2.00 bits per heavy atom. The zero-order chi connectivity index (χ0) is 16.4. The van der Waals surface area contributed by atoms with Crippen LogP contribution in [0.5, 0.6) is 0 Å². The van der Waals surface area contributed by atoms with Gasteiger partial charge in [-0.3, -0.25) is 4.40 Å². The van der Waals surface area contributed by atoms with Gasteiger partial charge in [0.05, 0.1) is 16.9 Å². The highest BCUT2D eigenvalue weighted by atomic mass is 16.4. The zero-order valence-corrected chi connectivity index (χ0v) is 12.8. The number of carbonyl (C=O) groups is 1. The molecule has 0 aliphatic rings. The van der Waals surface area contributed by atoms with Gasteiger partial charge in [0.2, 0.25) is 0 Å². The van der Waals surface area contributed by atoms with Gasteiger partial charge in [-0.25, -0.2) is 9.78 Å². The number of aromatic nitrogens is 2. The van der Waals surface area contributed by atoms with Crippen molar-refractivity contribution in [1.29, 1.82) is 0 Å². The van der Waals surface area contributed by atoms with Crippen molar-refractivity contribution in [2.75, 3.05) is 0 Å². The molecule has 6 heteroatoms.